The second-order valence-electron chi connectivity index (χ2n) is 3.98. The maximum absolute atomic E-state index is 11.7. The molecule has 1 aliphatic heterocycles. The number of nitrogens with zero attached hydrogens (tertiary/aromatic N) is 2. The highest BCUT2D eigenvalue weighted by Gasteiger charge is 2.25. The molecule has 5 nitrogen and oxygen atoms in total. The van der Waals surface area contributed by atoms with Crippen molar-refractivity contribution in [3.63, 3.8) is 0 Å². The first-order chi connectivity index (χ1) is 6.42. The molecule has 0 aromatic carbocycles. The average molecular weight is 221 g/mol. The smallest absolute Gasteiger partial charge is 0.279 e. The quantitative estimate of drug-likeness (QED) is 0.697. The Balaban J connectivity index is 2.56. The fourth-order valence-corrected chi connectivity index (χ4v) is 2.79. The number of rotatable bonds is 3. The standard InChI is InChI=1S/C8H19N3O2S/c1-8(2)9-14(12,13)11-6-4-10(3)5-7-11/h8-9H,4-7H2,1-3H3. The summed E-state index contributed by atoms with van der Waals surface area (Å²) < 4.78 is 27.5. The number of likely N-dealkylation sites (N-methyl/N-ethyl adjacent to an activating group) is 1. The first kappa shape index (κ1) is 11.9. The van der Waals surface area contributed by atoms with E-state index in [1.165, 1.54) is 4.31 Å². The van der Waals surface area contributed by atoms with Crippen LogP contribution in [0.4, 0.5) is 0 Å². The molecule has 0 aliphatic carbocycles. The summed E-state index contributed by atoms with van der Waals surface area (Å²) in [7, 11) is -1.25. The van der Waals surface area contributed by atoms with Crippen LogP contribution >= 0.6 is 0 Å². The van der Waals surface area contributed by atoms with Gasteiger partial charge in [0.25, 0.3) is 10.2 Å². The summed E-state index contributed by atoms with van der Waals surface area (Å²) in [6.45, 7) is 6.43. The third-order valence-corrected chi connectivity index (χ3v) is 4.00. The SMILES string of the molecule is CC(C)NS(=O)(=O)N1CCN(C)CC1. The maximum Gasteiger partial charge on any atom is 0.279 e. The van der Waals surface area contributed by atoms with Gasteiger partial charge in [0, 0.05) is 32.2 Å². The molecule has 1 rings (SSSR count). The molecule has 0 aromatic heterocycles. The van der Waals surface area contributed by atoms with Gasteiger partial charge >= 0.3 is 0 Å². The van der Waals surface area contributed by atoms with E-state index < -0.39 is 10.2 Å². The lowest BCUT2D eigenvalue weighted by molar-refractivity contribution is 0.220. The topological polar surface area (TPSA) is 52.7 Å². The molecule has 1 heterocycles. The van der Waals surface area contributed by atoms with Gasteiger partial charge in [0.2, 0.25) is 0 Å². The molecule has 1 fully saturated rings. The van der Waals surface area contributed by atoms with E-state index >= 15 is 0 Å². The molecule has 0 spiro atoms. The Kier molecular flexibility index (Phi) is 3.88. The fourth-order valence-electron chi connectivity index (χ4n) is 1.40. The Hall–Kier alpha value is -0.170. The lowest BCUT2D eigenvalue weighted by Gasteiger charge is -2.31. The van der Waals surface area contributed by atoms with E-state index in [1.54, 1.807) is 0 Å². The number of hydrogen-bond acceptors (Lipinski definition) is 3. The van der Waals surface area contributed by atoms with Crippen molar-refractivity contribution < 1.29 is 8.42 Å². The molecule has 1 saturated heterocycles. The summed E-state index contributed by atoms with van der Waals surface area (Å²) in [5.74, 6) is 0. The van der Waals surface area contributed by atoms with E-state index in [1.807, 2.05) is 20.9 Å². The molecule has 0 atom stereocenters. The average Bonchev–Trinajstić information content (AvgIpc) is 2.02. The minimum atomic E-state index is -3.25. The van der Waals surface area contributed by atoms with E-state index in [4.69, 9.17) is 0 Å². The number of piperazine rings is 1. The fraction of sp³-hybridized carbons (Fsp3) is 1.00. The molecule has 0 saturated carbocycles. The van der Waals surface area contributed by atoms with Crippen LogP contribution in [-0.2, 0) is 10.2 Å². The van der Waals surface area contributed by atoms with Crippen molar-refractivity contribution in [3.05, 3.63) is 0 Å². The van der Waals surface area contributed by atoms with Crippen molar-refractivity contribution in [3.8, 4) is 0 Å². The van der Waals surface area contributed by atoms with Crippen molar-refractivity contribution in [2.24, 2.45) is 0 Å². The second kappa shape index (κ2) is 4.57. The van der Waals surface area contributed by atoms with Crippen LogP contribution in [0.2, 0.25) is 0 Å². The Morgan fingerprint density at radius 3 is 2.07 bits per heavy atom. The van der Waals surface area contributed by atoms with Crippen LogP contribution in [0.5, 0.6) is 0 Å². The molecule has 0 unspecified atom stereocenters. The van der Waals surface area contributed by atoms with E-state index in [-0.39, 0.29) is 6.04 Å². The second-order valence-corrected chi connectivity index (χ2v) is 5.68. The summed E-state index contributed by atoms with van der Waals surface area (Å²) in [6, 6.07) is -0.0420. The minimum Gasteiger partial charge on any atom is -0.304 e. The van der Waals surface area contributed by atoms with Gasteiger partial charge in [-0.15, -0.1) is 0 Å². The van der Waals surface area contributed by atoms with Crippen LogP contribution in [0.1, 0.15) is 13.8 Å². The van der Waals surface area contributed by atoms with E-state index in [0.29, 0.717) is 13.1 Å². The first-order valence-corrected chi connectivity index (χ1v) is 6.32. The largest absolute Gasteiger partial charge is 0.304 e. The predicted molar refractivity (Wildman–Crippen MR) is 56.3 cm³/mol. The van der Waals surface area contributed by atoms with Crippen LogP contribution in [0.3, 0.4) is 0 Å². The Morgan fingerprint density at radius 1 is 1.14 bits per heavy atom. The third-order valence-electron chi connectivity index (χ3n) is 2.19. The summed E-state index contributed by atoms with van der Waals surface area (Å²) in [5.41, 5.74) is 0. The van der Waals surface area contributed by atoms with Crippen LogP contribution < -0.4 is 4.72 Å². The van der Waals surface area contributed by atoms with Crippen molar-refractivity contribution in [1.82, 2.24) is 13.9 Å². The zero-order valence-electron chi connectivity index (χ0n) is 9.02. The van der Waals surface area contributed by atoms with Gasteiger partial charge in [-0.05, 0) is 20.9 Å². The van der Waals surface area contributed by atoms with Crippen molar-refractivity contribution in [1.29, 1.82) is 0 Å². The highest BCUT2D eigenvalue weighted by Crippen LogP contribution is 2.04. The number of hydrogen-bond donors (Lipinski definition) is 1. The monoisotopic (exact) mass is 221 g/mol. The Bertz CT molecular complexity index is 268. The van der Waals surface area contributed by atoms with E-state index in [2.05, 4.69) is 9.62 Å². The van der Waals surface area contributed by atoms with Crippen molar-refractivity contribution in [2.75, 3.05) is 33.2 Å². The Labute approximate surface area is 86.3 Å². The third kappa shape index (κ3) is 3.20. The van der Waals surface area contributed by atoms with Crippen LogP contribution in [-0.4, -0.2) is 56.9 Å². The van der Waals surface area contributed by atoms with E-state index in [0.717, 1.165) is 13.1 Å². The van der Waals surface area contributed by atoms with Gasteiger partial charge in [-0.1, -0.05) is 0 Å². The normalized spacial score (nSPS) is 21.7. The Morgan fingerprint density at radius 2 is 1.64 bits per heavy atom. The zero-order chi connectivity index (χ0) is 10.8. The maximum atomic E-state index is 11.7. The van der Waals surface area contributed by atoms with Gasteiger partial charge in [0.05, 0.1) is 0 Å². The molecule has 1 aliphatic rings. The minimum absolute atomic E-state index is 0.0420. The van der Waals surface area contributed by atoms with Gasteiger partial charge in [0.1, 0.15) is 0 Å². The zero-order valence-corrected chi connectivity index (χ0v) is 9.84. The molecule has 1 N–H and O–H groups in total. The highest BCUT2D eigenvalue weighted by atomic mass is 32.2. The van der Waals surface area contributed by atoms with Crippen molar-refractivity contribution >= 4 is 10.2 Å². The van der Waals surface area contributed by atoms with Crippen LogP contribution in [0, 0.1) is 0 Å². The lowest BCUT2D eigenvalue weighted by Crippen LogP contribution is -2.52. The van der Waals surface area contributed by atoms with Crippen molar-refractivity contribution in [2.45, 2.75) is 19.9 Å². The number of nitrogens with one attached hydrogen (secondary N) is 1. The molecule has 0 radical (unpaired) electrons. The van der Waals surface area contributed by atoms with Gasteiger partial charge in [-0.2, -0.15) is 17.4 Å². The summed E-state index contributed by atoms with van der Waals surface area (Å²) in [4.78, 5) is 2.13. The first-order valence-electron chi connectivity index (χ1n) is 4.88. The molecule has 6 heteroatoms. The van der Waals surface area contributed by atoms with Gasteiger partial charge in [0.15, 0.2) is 0 Å². The van der Waals surface area contributed by atoms with Crippen LogP contribution in [0.25, 0.3) is 0 Å². The molecule has 14 heavy (non-hydrogen) atoms. The molecule has 0 aromatic rings. The summed E-state index contributed by atoms with van der Waals surface area (Å²) in [5, 5.41) is 0. The van der Waals surface area contributed by atoms with Gasteiger partial charge in [-0.3, -0.25) is 0 Å². The predicted octanol–water partition coefficient (Wildman–Crippen LogP) is -0.523. The molecule has 84 valence electrons. The highest BCUT2D eigenvalue weighted by molar-refractivity contribution is 7.87. The van der Waals surface area contributed by atoms with Crippen LogP contribution in [0.15, 0.2) is 0 Å². The lowest BCUT2D eigenvalue weighted by atomic mass is 10.4. The summed E-state index contributed by atoms with van der Waals surface area (Å²) >= 11 is 0. The molecule has 0 amide bonds. The van der Waals surface area contributed by atoms with Gasteiger partial charge in [-0.25, -0.2) is 0 Å². The summed E-state index contributed by atoms with van der Waals surface area (Å²) in [6.07, 6.45) is 0. The van der Waals surface area contributed by atoms with E-state index in [9.17, 15) is 8.42 Å². The molecule has 0 bridgehead atoms. The molecular weight excluding hydrogens is 202 g/mol. The molecular formula is C8H19N3O2S. The van der Waals surface area contributed by atoms with Gasteiger partial charge < -0.3 is 4.90 Å².